The highest BCUT2D eigenvalue weighted by molar-refractivity contribution is 5.95. The molecule has 0 aliphatic carbocycles. The number of carbonyl (C=O) groups excluding carboxylic acids is 1. The number of amides is 1. The van der Waals surface area contributed by atoms with Gasteiger partial charge >= 0.3 is 0 Å². The second-order valence-corrected chi connectivity index (χ2v) is 6.61. The summed E-state index contributed by atoms with van der Waals surface area (Å²) in [5.74, 6) is 2.87. The molecule has 4 rings (SSSR count). The average molecular weight is 385 g/mol. The molecule has 0 unspecified atom stereocenters. The first-order chi connectivity index (χ1) is 13.7. The predicted molar refractivity (Wildman–Crippen MR) is 102 cm³/mol. The molecule has 7 heteroatoms. The first-order valence-corrected chi connectivity index (χ1v) is 9.17. The summed E-state index contributed by atoms with van der Waals surface area (Å²) in [5, 5.41) is 2.99. The molecule has 0 bridgehead atoms. The molecule has 2 heterocycles. The van der Waals surface area contributed by atoms with E-state index in [-0.39, 0.29) is 5.91 Å². The summed E-state index contributed by atoms with van der Waals surface area (Å²) < 4.78 is 27.5. The number of hydrogen-bond donors (Lipinski definition) is 1. The molecule has 0 aromatic heterocycles. The van der Waals surface area contributed by atoms with Gasteiger partial charge in [-0.1, -0.05) is 0 Å². The SMILES string of the molecule is COc1cc(C(=O)NCc2c3c(cc4c2OCC4)OCC3)cc(OC)c1OC. The minimum atomic E-state index is -0.234. The van der Waals surface area contributed by atoms with Crippen molar-refractivity contribution in [3.8, 4) is 28.7 Å². The quantitative estimate of drug-likeness (QED) is 0.824. The van der Waals surface area contributed by atoms with Gasteiger partial charge in [-0.05, 0) is 18.2 Å². The molecule has 0 fully saturated rings. The number of carbonyl (C=O) groups is 1. The van der Waals surface area contributed by atoms with Crippen LogP contribution in [-0.2, 0) is 19.4 Å². The van der Waals surface area contributed by atoms with Crippen molar-refractivity contribution in [1.29, 1.82) is 0 Å². The number of nitrogens with one attached hydrogen (secondary N) is 1. The van der Waals surface area contributed by atoms with Crippen molar-refractivity contribution >= 4 is 5.91 Å². The molecule has 2 aliphatic heterocycles. The maximum atomic E-state index is 12.8. The monoisotopic (exact) mass is 385 g/mol. The lowest BCUT2D eigenvalue weighted by molar-refractivity contribution is 0.0949. The second-order valence-electron chi connectivity index (χ2n) is 6.61. The largest absolute Gasteiger partial charge is 0.493 e. The zero-order chi connectivity index (χ0) is 19.7. The van der Waals surface area contributed by atoms with Crippen LogP contribution in [0.2, 0.25) is 0 Å². The van der Waals surface area contributed by atoms with Gasteiger partial charge in [0.2, 0.25) is 5.75 Å². The lowest BCUT2D eigenvalue weighted by Crippen LogP contribution is -2.24. The summed E-state index contributed by atoms with van der Waals surface area (Å²) in [4.78, 5) is 12.8. The van der Waals surface area contributed by atoms with Crippen LogP contribution >= 0.6 is 0 Å². The van der Waals surface area contributed by atoms with Crippen LogP contribution in [0.15, 0.2) is 18.2 Å². The van der Waals surface area contributed by atoms with Crippen LogP contribution in [0.5, 0.6) is 28.7 Å². The first-order valence-electron chi connectivity index (χ1n) is 9.17. The Balaban J connectivity index is 1.60. The van der Waals surface area contributed by atoms with Gasteiger partial charge in [0.25, 0.3) is 5.91 Å². The molecule has 148 valence electrons. The Morgan fingerprint density at radius 2 is 1.71 bits per heavy atom. The summed E-state index contributed by atoms with van der Waals surface area (Å²) >= 11 is 0. The van der Waals surface area contributed by atoms with E-state index >= 15 is 0 Å². The normalized spacial score (nSPS) is 13.8. The number of benzene rings is 2. The second kappa shape index (κ2) is 7.50. The van der Waals surface area contributed by atoms with Gasteiger partial charge in [0.15, 0.2) is 11.5 Å². The first kappa shape index (κ1) is 18.3. The molecule has 0 saturated carbocycles. The Labute approximate surface area is 163 Å². The van der Waals surface area contributed by atoms with Crippen LogP contribution in [-0.4, -0.2) is 40.5 Å². The third-order valence-electron chi connectivity index (χ3n) is 5.11. The fraction of sp³-hybridized carbons (Fsp3) is 0.381. The van der Waals surface area contributed by atoms with Gasteiger partial charge in [0.05, 0.1) is 34.5 Å². The molecule has 1 amide bonds. The number of hydrogen-bond acceptors (Lipinski definition) is 6. The van der Waals surface area contributed by atoms with E-state index in [0.717, 1.165) is 41.0 Å². The third kappa shape index (κ3) is 3.06. The van der Waals surface area contributed by atoms with Gasteiger partial charge in [-0.15, -0.1) is 0 Å². The van der Waals surface area contributed by atoms with E-state index in [1.165, 1.54) is 21.3 Å². The highest BCUT2D eigenvalue weighted by Gasteiger charge is 2.27. The van der Waals surface area contributed by atoms with E-state index in [1.807, 2.05) is 0 Å². The topological polar surface area (TPSA) is 75.3 Å². The van der Waals surface area contributed by atoms with E-state index in [0.29, 0.717) is 42.6 Å². The minimum absolute atomic E-state index is 0.234. The molecule has 1 N–H and O–H groups in total. The summed E-state index contributed by atoms with van der Waals surface area (Å²) in [7, 11) is 4.57. The zero-order valence-corrected chi connectivity index (χ0v) is 16.2. The fourth-order valence-electron chi connectivity index (χ4n) is 3.75. The summed E-state index contributed by atoms with van der Waals surface area (Å²) in [5.41, 5.74) is 3.68. The van der Waals surface area contributed by atoms with Gasteiger partial charge in [-0.2, -0.15) is 0 Å². The van der Waals surface area contributed by atoms with E-state index in [4.69, 9.17) is 23.7 Å². The van der Waals surface area contributed by atoms with Crippen molar-refractivity contribution < 1.29 is 28.5 Å². The Bertz CT molecular complexity index is 866. The Hall–Kier alpha value is -3.09. The Morgan fingerprint density at radius 1 is 1.00 bits per heavy atom. The highest BCUT2D eigenvalue weighted by atomic mass is 16.5. The fourth-order valence-corrected chi connectivity index (χ4v) is 3.75. The molecule has 2 aromatic rings. The molecular formula is C21H23NO6. The summed E-state index contributed by atoms with van der Waals surface area (Å²) in [6.45, 7) is 1.68. The van der Waals surface area contributed by atoms with E-state index in [1.54, 1.807) is 12.1 Å². The van der Waals surface area contributed by atoms with Crippen molar-refractivity contribution in [1.82, 2.24) is 5.32 Å². The van der Waals surface area contributed by atoms with Crippen molar-refractivity contribution in [2.45, 2.75) is 19.4 Å². The average Bonchev–Trinajstić information content (AvgIpc) is 3.38. The van der Waals surface area contributed by atoms with Gasteiger partial charge in [-0.25, -0.2) is 0 Å². The zero-order valence-electron chi connectivity index (χ0n) is 16.2. The molecule has 2 aliphatic rings. The number of ether oxygens (including phenoxy) is 5. The van der Waals surface area contributed by atoms with Crippen molar-refractivity contribution in [2.75, 3.05) is 34.5 Å². The molecule has 28 heavy (non-hydrogen) atoms. The van der Waals surface area contributed by atoms with Crippen molar-refractivity contribution in [3.63, 3.8) is 0 Å². The summed E-state index contributed by atoms with van der Waals surface area (Å²) in [6, 6.07) is 5.33. The van der Waals surface area contributed by atoms with E-state index < -0.39 is 0 Å². The molecule has 0 atom stereocenters. The van der Waals surface area contributed by atoms with Gasteiger partial charge < -0.3 is 29.0 Å². The molecule has 0 saturated heterocycles. The molecule has 2 aromatic carbocycles. The Morgan fingerprint density at radius 3 is 2.39 bits per heavy atom. The van der Waals surface area contributed by atoms with Crippen LogP contribution in [0.1, 0.15) is 27.0 Å². The minimum Gasteiger partial charge on any atom is -0.493 e. The van der Waals surface area contributed by atoms with Crippen LogP contribution in [0.3, 0.4) is 0 Å². The lowest BCUT2D eigenvalue weighted by atomic mass is 9.99. The number of methoxy groups -OCH3 is 3. The van der Waals surface area contributed by atoms with Crippen LogP contribution in [0, 0.1) is 0 Å². The number of fused-ring (bicyclic) bond motifs is 2. The summed E-state index contributed by atoms with van der Waals surface area (Å²) in [6.07, 6.45) is 1.68. The highest BCUT2D eigenvalue weighted by Crippen LogP contribution is 2.41. The molecule has 0 radical (unpaired) electrons. The maximum absolute atomic E-state index is 12.8. The Kier molecular flexibility index (Phi) is 4.90. The van der Waals surface area contributed by atoms with Gasteiger partial charge in [-0.3, -0.25) is 4.79 Å². The third-order valence-corrected chi connectivity index (χ3v) is 5.11. The molecular weight excluding hydrogens is 362 g/mol. The smallest absolute Gasteiger partial charge is 0.251 e. The maximum Gasteiger partial charge on any atom is 0.251 e. The van der Waals surface area contributed by atoms with Gasteiger partial charge in [0, 0.05) is 41.6 Å². The van der Waals surface area contributed by atoms with Crippen molar-refractivity contribution in [2.24, 2.45) is 0 Å². The van der Waals surface area contributed by atoms with Crippen LogP contribution < -0.4 is 29.0 Å². The predicted octanol–water partition coefficient (Wildman–Crippen LogP) is 2.51. The van der Waals surface area contributed by atoms with Crippen LogP contribution in [0.25, 0.3) is 0 Å². The van der Waals surface area contributed by atoms with Crippen molar-refractivity contribution in [3.05, 3.63) is 40.5 Å². The lowest BCUT2D eigenvalue weighted by Gasteiger charge is -2.16. The van der Waals surface area contributed by atoms with E-state index in [2.05, 4.69) is 11.4 Å². The van der Waals surface area contributed by atoms with Gasteiger partial charge in [0.1, 0.15) is 11.5 Å². The number of rotatable bonds is 6. The van der Waals surface area contributed by atoms with Crippen LogP contribution in [0.4, 0.5) is 0 Å². The van der Waals surface area contributed by atoms with E-state index in [9.17, 15) is 4.79 Å². The molecule has 0 spiro atoms. The molecule has 7 nitrogen and oxygen atoms in total. The standard InChI is InChI=1S/C21H23NO6/c1-24-17-9-13(10-18(25-2)20(17)26-3)21(23)22-11-15-14-5-7-27-16(14)8-12-4-6-28-19(12)15/h8-10H,4-7,11H2,1-3H3,(H,22,23).